The summed E-state index contributed by atoms with van der Waals surface area (Å²) in [7, 11) is 1.48. The molecule has 0 saturated carbocycles. The predicted molar refractivity (Wildman–Crippen MR) is 110 cm³/mol. The molecule has 9 heteroatoms. The van der Waals surface area contributed by atoms with Gasteiger partial charge in [-0.2, -0.15) is 18.3 Å². The van der Waals surface area contributed by atoms with Gasteiger partial charge in [-0.3, -0.25) is 4.79 Å². The van der Waals surface area contributed by atoms with E-state index in [-0.39, 0.29) is 11.4 Å². The number of anilines is 1. The summed E-state index contributed by atoms with van der Waals surface area (Å²) in [6.45, 7) is 2.76. The quantitative estimate of drug-likeness (QED) is 0.685. The van der Waals surface area contributed by atoms with E-state index in [1.807, 2.05) is 24.3 Å². The lowest BCUT2D eigenvalue weighted by molar-refractivity contribution is -0.137. The maximum Gasteiger partial charge on any atom is 0.416 e. The van der Waals surface area contributed by atoms with Crippen LogP contribution < -0.4 is 10.2 Å². The molecule has 162 valence electrons. The molecule has 0 radical (unpaired) electrons. The molecular weight excluding hydrogens is 409 g/mol. The first-order valence-electron chi connectivity index (χ1n) is 9.80. The van der Waals surface area contributed by atoms with Gasteiger partial charge in [-0.1, -0.05) is 18.2 Å². The zero-order valence-electron chi connectivity index (χ0n) is 16.8. The lowest BCUT2D eigenvalue weighted by Gasteiger charge is -2.29. The maximum atomic E-state index is 13.2. The molecule has 4 rings (SSSR count). The highest BCUT2D eigenvalue weighted by atomic mass is 19.4. The highest BCUT2D eigenvalue weighted by molar-refractivity contribution is 5.93. The smallest absolute Gasteiger partial charge is 0.378 e. The minimum absolute atomic E-state index is 0.117. The molecule has 2 heterocycles. The number of halogens is 3. The number of nitrogens with zero attached hydrogens (tertiary/aromatic N) is 3. The molecule has 1 amide bonds. The number of benzene rings is 2. The molecule has 1 fully saturated rings. The Kier molecular flexibility index (Phi) is 5.69. The van der Waals surface area contributed by atoms with Gasteiger partial charge in [0.2, 0.25) is 0 Å². The normalized spacial score (nSPS) is 14.5. The fourth-order valence-electron chi connectivity index (χ4n) is 3.52. The van der Waals surface area contributed by atoms with E-state index in [0.717, 1.165) is 36.5 Å². The van der Waals surface area contributed by atoms with Gasteiger partial charge in [0.1, 0.15) is 0 Å². The van der Waals surface area contributed by atoms with Crippen molar-refractivity contribution in [2.45, 2.75) is 6.18 Å². The van der Waals surface area contributed by atoms with Crippen molar-refractivity contribution in [2.24, 2.45) is 0 Å². The molecule has 1 aliphatic heterocycles. The molecule has 31 heavy (non-hydrogen) atoms. The van der Waals surface area contributed by atoms with Gasteiger partial charge in [-0.05, 0) is 36.4 Å². The third-order valence-corrected chi connectivity index (χ3v) is 5.11. The lowest BCUT2D eigenvalue weighted by Crippen LogP contribution is -2.36. The third-order valence-electron chi connectivity index (χ3n) is 5.11. The second-order valence-corrected chi connectivity index (χ2v) is 7.10. The van der Waals surface area contributed by atoms with Crippen LogP contribution in [0.3, 0.4) is 0 Å². The SMILES string of the molecule is CNC(=O)c1cc(-c2cccc(N3CCOCC3)c2)n(-c2cccc(C(F)(F)F)c2)n1. The Morgan fingerprint density at radius 3 is 2.45 bits per heavy atom. The van der Waals surface area contributed by atoms with E-state index in [0.29, 0.717) is 18.9 Å². The lowest BCUT2D eigenvalue weighted by atomic mass is 10.1. The van der Waals surface area contributed by atoms with Gasteiger partial charge in [0.25, 0.3) is 5.91 Å². The van der Waals surface area contributed by atoms with Gasteiger partial charge in [-0.25, -0.2) is 4.68 Å². The van der Waals surface area contributed by atoms with Crippen molar-refractivity contribution in [1.29, 1.82) is 0 Å². The number of carbonyl (C=O) groups excluding carboxylic acids is 1. The first-order chi connectivity index (χ1) is 14.9. The summed E-state index contributed by atoms with van der Waals surface area (Å²) in [6.07, 6.45) is -4.48. The van der Waals surface area contributed by atoms with Gasteiger partial charge < -0.3 is 15.0 Å². The topological polar surface area (TPSA) is 59.4 Å². The second-order valence-electron chi connectivity index (χ2n) is 7.10. The number of nitrogens with one attached hydrogen (secondary N) is 1. The van der Waals surface area contributed by atoms with E-state index < -0.39 is 17.6 Å². The van der Waals surface area contributed by atoms with E-state index in [2.05, 4.69) is 15.3 Å². The minimum Gasteiger partial charge on any atom is -0.378 e. The number of ether oxygens (including phenoxy) is 1. The van der Waals surface area contributed by atoms with E-state index in [9.17, 15) is 18.0 Å². The summed E-state index contributed by atoms with van der Waals surface area (Å²) in [5.74, 6) is -0.420. The van der Waals surface area contributed by atoms with Crippen molar-refractivity contribution in [1.82, 2.24) is 15.1 Å². The van der Waals surface area contributed by atoms with Crippen LogP contribution >= 0.6 is 0 Å². The van der Waals surface area contributed by atoms with Crippen LogP contribution in [0.25, 0.3) is 16.9 Å². The Hall–Kier alpha value is -3.33. The Labute approximate surface area is 177 Å². The minimum atomic E-state index is -4.48. The monoisotopic (exact) mass is 430 g/mol. The van der Waals surface area contributed by atoms with Gasteiger partial charge in [0.05, 0.1) is 30.2 Å². The number of aromatic nitrogens is 2. The van der Waals surface area contributed by atoms with E-state index in [1.165, 1.54) is 23.9 Å². The van der Waals surface area contributed by atoms with Gasteiger partial charge >= 0.3 is 6.18 Å². The number of rotatable bonds is 4. The van der Waals surface area contributed by atoms with Crippen LogP contribution in [-0.2, 0) is 10.9 Å². The zero-order valence-corrected chi connectivity index (χ0v) is 16.8. The molecule has 1 aromatic heterocycles. The van der Waals surface area contributed by atoms with Crippen molar-refractivity contribution in [3.05, 3.63) is 65.9 Å². The molecule has 3 aromatic rings. The number of amides is 1. The fourth-order valence-corrected chi connectivity index (χ4v) is 3.52. The van der Waals surface area contributed by atoms with Crippen LogP contribution in [0.2, 0.25) is 0 Å². The largest absolute Gasteiger partial charge is 0.416 e. The highest BCUT2D eigenvalue weighted by Crippen LogP contribution is 2.32. The maximum absolute atomic E-state index is 13.2. The Balaban J connectivity index is 1.81. The Bertz CT molecular complexity index is 1090. The molecule has 1 N–H and O–H groups in total. The Morgan fingerprint density at radius 2 is 1.74 bits per heavy atom. The first-order valence-corrected chi connectivity index (χ1v) is 9.80. The molecule has 1 aliphatic rings. The van der Waals surface area contributed by atoms with Crippen LogP contribution in [0, 0.1) is 0 Å². The number of morpholine rings is 1. The third kappa shape index (κ3) is 4.41. The molecular formula is C22H21F3N4O2. The van der Waals surface area contributed by atoms with Gasteiger partial charge in [0.15, 0.2) is 5.69 Å². The molecule has 0 unspecified atom stereocenters. The molecule has 0 spiro atoms. The molecule has 1 saturated heterocycles. The van der Waals surface area contributed by atoms with Crippen molar-refractivity contribution < 1.29 is 22.7 Å². The number of carbonyl (C=O) groups is 1. The van der Waals surface area contributed by atoms with Crippen LogP contribution in [0.15, 0.2) is 54.6 Å². The van der Waals surface area contributed by atoms with Crippen LogP contribution in [0.1, 0.15) is 16.1 Å². The van der Waals surface area contributed by atoms with Crippen LogP contribution in [0.5, 0.6) is 0 Å². The standard InChI is InChI=1S/C22H21F3N4O2/c1-26-21(30)19-14-20(15-4-2-6-17(12-15)28-8-10-31-11-9-28)29(27-19)18-7-3-5-16(13-18)22(23,24)25/h2-7,12-14H,8-11H2,1H3,(H,26,30). The molecule has 2 aromatic carbocycles. The summed E-state index contributed by atoms with van der Waals surface area (Å²) < 4.78 is 46.5. The summed E-state index contributed by atoms with van der Waals surface area (Å²) in [6, 6.07) is 14.1. The van der Waals surface area contributed by atoms with Crippen LogP contribution in [0.4, 0.5) is 18.9 Å². The summed E-state index contributed by atoms with van der Waals surface area (Å²) >= 11 is 0. The van der Waals surface area contributed by atoms with Gasteiger partial charge in [-0.15, -0.1) is 0 Å². The number of alkyl halides is 3. The van der Waals surface area contributed by atoms with Crippen LogP contribution in [-0.4, -0.2) is 49.0 Å². The van der Waals surface area contributed by atoms with E-state index >= 15 is 0 Å². The zero-order chi connectivity index (χ0) is 22.0. The van der Waals surface area contributed by atoms with Crippen molar-refractivity contribution in [3.63, 3.8) is 0 Å². The van der Waals surface area contributed by atoms with Crippen molar-refractivity contribution in [2.75, 3.05) is 38.3 Å². The van der Waals surface area contributed by atoms with E-state index in [1.54, 1.807) is 6.07 Å². The van der Waals surface area contributed by atoms with E-state index in [4.69, 9.17) is 4.74 Å². The highest BCUT2D eigenvalue weighted by Gasteiger charge is 2.31. The average Bonchev–Trinajstić information content (AvgIpc) is 3.24. The predicted octanol–water partition coefficient (Wildman–Crippen LogP) is 3.75. The summed E-state index contributed by atoms with van der Waals surface area (Å²) in [5.41, 5.74) is 1.79. The fraction of sp³-hybridized carbons (Fsp3) is 0.273. The molecule has 0 aliphatic carbocycles. The van der Waals surface area contributed by atoms with Gasteiger partial charge in [0, 0.05) is 31.4 Å². The summed E-state index contributed by atoms with van der Waals surface area (Å²) in [5, 5.41) is 6.80. The first kappa shape index (κ1) is 20.9. The molecule has 6 nitrogen and oxygen atoms in total. The number of hydrogen-bond donors (Lipinski definition) is 1. The summed E-state index contributed by atoms with van der Waals surface area (Å²) in [4.78, 5) is 14.4. The Morgan fingerprint density at radius 1 is 1.03 bits per heavy atom. The molecule has 0 bridgehead atoms. The number of hydrogen-bond acceptors (Lipinski definition) is 4. The average molecular weight is 430 g/mol. The second kappa shape index (κ2) is 8.43. The van der Waals surface area contributed by atoms with Crippen molar-refractivity contribution in [3.8, 4) is 16.9 Å². The molecule has 0 atom stereocenters. The van der Waals surface area contributed by atoms with Crippen molar-refractivity contribution >= 4 is 11.6 Å².